The van der Waals surface area contributed by atoms with E-state index in [0.29, 0.717) is 70.2 Å². The summed E-state index contributed by atoms with van der Waals surface area (Å²) in [6.45, 7) is 6.71. The second kappa shape index (κ2) is 13.4. The van der Waals surface area contributed by atoms with E-state index in [1.807, 2.05) is 19.9 Å². The molecule has 0 radical (unpaired) electrons. The van der Waals surface area contributed by atoms with E-state index in [0.717, 1.165) is 16.7 Å². The number of nitrogens with one attached hydrogen (secondary N) is 3. The highest BCUT2D eigenvalue weighted by Crippen LogP contribution is 2.63. The highest BCUT2D eigenvalue weighted by Gasteiger charge is 2.60. The number of methoxy groups -OCH3 is 2. The topological polar surface area (TPSA) is 186 Å². The zero-order valence-corrected chi connectivity index (χ0v) is 32.7. The second-order valence-electron chi connectivity index (χ2n) is 15.2. The standard InChI is InChI=1S/C40H44N4O11S/c1-16-9-21-10-23-38(42-18(3)45)44-24-13-52-39(49)40(22-12-26(50-5)25(47)11-20(22)7-8-41-40)14-56-37(31(44)30(43-23)27(21)32(48)33(16)51-6)29-28(24)36-35(53-15-54-36)17(2)34(29)55-19(4)46/h9,11-12,23-24,30-31,37-38,41,43,47-48H,7-8,10,13-15H2,1-6H3,(H,42,45)/t23-,24-,30+,31+,37+,38+,40+/m0/s1. The third-order valence-electron chi connectivity index (χ3n) is 12.1. The quantitative estimate of drug-likeness (QED) is 0.192. The van der Waals surface area contributed by atoms with Gasteiger partial charge in [-0.05, 0) is 61.1 Å². The number of amides is 1. The van der Waals surface area contributed by atoms with E-state index in [2.05, 4.69) is 20.9 Å². The molecule has 0 saturated carbocycles. The molecule has 15 nitrogen and oxygen atoms in total. The Labute approximate surface area is 327 Å². The summed E-state index contributed by atoms with van der Waals surface area (Å²) in [6, 6.07) is 3.19. The van der Waals surface area contributed by atoms with Crippen LogP contribution < -0.4 is 39.6 Å². The molecule has 5 N–H and O–H groups in total. The first-order chi connectivity index (χ1) is 26.9. The fourth-order valence-corrected chi connectivity index (χ4v) is 11.7. The van der Waals surface area contributed by atoms with Crippen LogP contribution in [-0.4, -0.2) is 91.1 Å². The first-order valence-electron chi connectivity index (χ1n) is 18.7. The molecule has 0 unspecified atom stereocenters. The maximum atomic E-state index is 14.8. The number of nitrogens with zero attached hydrogens (tertiary/aromatic N) is 1. The molecule has 2 saturated heterocycles. The van der Waals surface area contributed by atoms with Gasteiger partial charge in [-0.3, -0.25) is 19.8 Å². The Bertz CT molecular complexity index is 2220. The largest absolute Gasteiger partial charge is 0.504 e. The first kappa shape index (κ1) is 36.7. The summed E-state index contributed by atoms with van der Waals surface area (Å²) >= 11 is 1.47. The van der Waals surface area contributed by atoms with Crippen molar-refractivity contribution in [3.05, 3.63) is 62.7 Å². The van der Waals surface area contributed by atoms with E-state index in [-0.39, 0.29) is 48.4 Å². The van der Waals surface area contributed by atoms with Crippen molar-refractivity contribution in [3.63, 3.8) is 0 Å². The molecular formula is C40H44N4O11S. The molecular weight excluding hydrogens is 745 g/mol. The Hall–Kier alpha value is -4.90. The number of thioether (sulfide) groups is 1. The van der Waals surface area contributed by atoms with Crippen molar-refractivity contribution in [1.82, 2.24) is 20.9 Å². The van der Waals surface area contributed by atoms with E-state index in [1.54, 1.807) is 12.1 Å². The lowest BCUT2D eigenvalue weighted by Gasteiger charge is -2.60. The third-order valence-corrected chi connectivity index (χ3v) is 13.6. The Morgan fingerprint density at radius 2 is 1.79 bits per heavy atom. The SMILES string of the molecule is COc1cc2c(cc1O)CCN[C@]21CS[C@@H]2c3c(OC(C)=O)c(C)c4c(c3[C@H](COC1=O)N1[C@@H]2[C@@H]2N[C@@H](Cc3cc(C)c(OC)c(O)c32)[C@@H]1NC(C)=O)OCO4. The molecule has 296 valence electrons. The smallest absolute Gasteiger partial charge is 0.331 e. The number of hydrogen-bond acceptors (Lipinski definition) is 15. The van der Waals surface area contributed by atoms with E-state index in [9.17, 15) is 24.6 Å². The first-order valence-corrected chi connectivity index (χ1v) is 19.7. The van der Waals surface area contributed by atoms with E-state index in [4.69, 9.17) is 28.4 Å². The minimum absolute atomic E-state index is 0.0225. The van der Waals surface area contributed by atoms with E-state index in [1.165, 1.54) is 39.8 Å². The van der Waals surface area contributed by atoms with Crippen molar-refractivity contribution in [2.45, 2.75) is 81.7 Å². The molecule has 7 aliphatic rings. The van der Waals surface area contributed by atoms with Gasteiger partial charge in [-0.1, -0.05) is 6.07 Å². The zero-order valence-electron chi connectivity index (χ0n) is 31.9. The maximum absolute atomic E-state index is 14.8. The Morgan fingerprint density at radius 1 is 1.00 bits per heavy atom. The summed E-state index contributed by atoms with van der Waals surface area (Å²) in [4.78, 5) is 43.1. The number of carbonyl (C=O) groups excluding carboxylic acids is 3. The van der Waals surface area contributed by atoms with Gasteiger partial charge < -0.3 is 49.3 Å². The van der Waals surface area contributed by atoms with Crippen molar-refractivity contribution in [2.75, 3.05) is 39.9 Å². The number of benzene rings is 3. The molecule has 16 heteroatoms. The van der Waals surface area contributed by atoms with Crippen LogP contribution in [0.3, 0.4) is 0 Å². The summed E-state index contributed by atoms with van der Waals surface area (Å²) in [7, 11) is 2.99. The number of aryl methyl sites for hydroxylation is 1. The number of esters is 2. The zero-order chi connectivity index (χ0) is 39.4. The van der Waals surface area contributed by atoms with E-state index < -0.39 is 47.0 Å². The van der Waals surface area contributed by atoms with Gasteiger partial charge in [0, 0.05) is 60.5 Å². The number of ether oxygens (including phenoxy) is 6. The summed E-state index contributed by atoms with van der Waals surface area (Å²) in [5.74, 6) is 0.634. The molecule has 3 aromatic rings. The van der Waals surface area contributed by atoms with Crippen LogP contribution in [0, 0.1) is 13.8 Å². The lowest BCUT2D eigenvalue weighted by atomic mass is 9.73. The van der Waals surface area contributed by atoms with Gasteiger partial charge in [0.05, 0.1) is 37.7 Å². The lowest BCUT2D eigenvalue weighted by Crippen LogP contribution is -2.73. The minimum Gasteiger partial charge on any atom is -0.504 e. The molecule has 7 atom stereocenters. The monoisotopic (exact) mass is 788 g/mol. The van der Waals surface area contributed by atoms with Crippen LogP contribution >= 0.6 is 11.8 Å². The van der Waals surface area contributed by atoms with Crippen LogP contribution in [-0.2, 0) is 37.5 Å². The number of phenols is 2. The number of hydrogen-bond donors (Lipinski definition) is 5. The van der Waals surface area contributed by atoms with Gasteiger partial charge in [0.15, 0.2) is 40.0 Å². The lowest BCUT2D eigenvalue weighted by molar-refractivity contribution is -0.157. The summed E-state index contributed by atoms with van der Waals surface area (Å²) in [6.07, 6.45) is 0.413. The molecule has 1 spiro atoms. The number of rotatable bonds is 4. The average molecular weight is 789 g/mol. The fourth-order valence-electron chi connectivity index (χ4n) is 10.0. The number of phenolic OH excluding ortho intramolecular Hbond substituents is 2. The van der Waals surface area contributed by atoms with Crippen molar-refractivity contribution in [1.29, 1.82) is 0 Å². The number of aromatic hydroxyl groups is 2. The van der Waals surface area contributed by atoms with E-state index >= 15 is 0 Å². The second-order valence-corrected chi connectivity index (χ2v) is 16.4. The molecule has 10 rings (SSSR count). The molecule has 7 aliphatic heterocycles. The van der Waals surface area contributed by atoms with Crippen molar-refractivity contribution >= 4 is 29.6 Å². The van der Waals surface area contributed by atoms with Gasteiger partial charge >= 0.3 is 11.9 Å². The molecule has 0 aliphatic carbocycles. The van der Waals surface area contributed by atoms with Gasteiger partial charge in [-0.25, -0.2) is 4.79 Å². The maximum Gasteiger partial charge on any atom is 0.331 e. The van der Waals surface area contributed by atoms with Gasteiger partial charge in [0.25, 0.3) is 0 Å². The summed E-state index contributed by atoms with van der Waals surface area (Å²) in [5.41, 5.74) is 4.31. The molecule has 2 fully saturated rings. The van der Waals surface area contributed by atoms with Crippen LogP contribution in [0.1, 0.15) is 75.7 Å². The highest BCUT2D eigenvalue weighted by atomic mass is 32.2. The number of fused-ring (bicyclic) bond motifs is 9. The normalized spacial score (nSPS) is 28.3. The molecule has 56 heavy (non-hydrogen) atoms. The van der Waals surface area contributed by atoms with Crippen molar-refractivity contribution < 1.29 is 53.0 Å². The Balaban J connectivity index is 1.33. The Morgan fingerprint density at radius 3 is 2.52 bits per heavy atom. The predicted octanol–water partition coefficient (Wildman–Crippen LogP) is 3.21. The summed E-state index contributed by atoms with van der Waals surface area (Å²) in [5, 5.41) is 32.7. The Kier molecular flexibility index (Phi) is 8.76. The molecule has 0 aromatic heterocycles. The van der Waals surface area contributed by atoms with Gasteiger partial charge in [-0.2, -0.15) is 0 Å². The molecule has 1 amide bonds. The third kappa shape index (κ3) is 5.25. The van der Waals surface area contributed by atoms with Gasteiger partial charge in [0.2, 0.25) is 12.7 Å². The average Bonchev–Trinajstić information content (AvgIpc) is 3.65. The van der Waals surface area contributed by atoms with Crippen molar-refractivity contribution in [3.8, 4) is 40.2 Å². The van der Waals surface area contributed by atoms with Crippen LogP contribution in [0.2, 0.25) is 0 Å². The van der Waals surface area contributed by atoms with Gasteiger partial charge in [-0.15, -0.1) is 11.8 Å². The minimum atomic E-state index is -1.37. The van der Waals surface area contributed by atoms with Gasteiger partial charge in [0.1, 0.15) is 12.4 Å². The molecule has 7 heterocycles. The highest BCUT2D eigenvalue weighted by molar-refractivity contribution is 7.99. The van der Waals surface area contributed by atoms with Crippen LogP contribution in [0.5, 0.6) is 40.2 Å². The van der Waals surface area contributed by atoms with Crippen LogP contribution in [0.15, 0.2) is 18.2 Å². The fraction of sp³-hybridized carbons (Fsp3) is 0.475. The molecule has 3 aromatic carbocycles. The summed E-state index contributed by atoms with van der Waals surface area (Å²) < 4.78 is 36.1. The predicted molar refractivity (Wildman–Crippen MR) is 202 cm³/mol. The van der Waals surface area contributed by atoms with Crippen molar-refractivity contribution in [2.24, 2.45) is 0 Å². The number of carbonyl (C=O) groups is 3. The molecule has 4 bridgehead atoms. The number of piperazine rings is 1. The van der Waals surface area contributed by atoms with Crippen LogP contribution in [0.4, 0.5) is 0 Å². The van der Waals surface area contributed by atoms with Crippen LogP contribution in [0.25, 0.3) is 0 Å².